The number of thioether (sulfide) groups is 1. The van der Waals surface area contributed by atoms with E-state index in [4.69, 9.17) is 4.74 Å². The van der Waals surface area contributed by atoms with E-state index < -0.39 is 5.25 Å². The minimum absolute atomic E-state index is 0.136. The molecule has 3 aromatic rings. The summed E-state index contributed by atoms with van der Waals surface area (Å²) in [4.78, 5) is 12.6. The summed E-state index contributed by atoms with van der Waals surface area (Å²) in [6.45, 7) is 6.34. The Morgan fingerprint density at radius 1 is 1.30 bits per heavy atom. The molecule has 1 heterocycles. The lowest BCUT2D eigenvalue weighted by Gasteiger charge is -2.13. The number of nitrogens with one attached hydrogen (secondary N) is 1. The van der Waals surface area contributed by atoms with Gasteiger partial charge in [-0.05, 0) is 36.8 Å². The molecule has 1 aromatic heterocycles. The van der Waals surface area contributed by atoms with Gasteiger partial charge in [0.15, 0.2) is 11.0 Å². The van der Waals surface area contributed by atoms with Gasteiger partial charge < -0.3 is 10.1 Å². The van der Waals surface area contributed by atoms with Gasteiger partial charge in [0.1, 0.15) is 11.6 Å². The van der Waals surface area contributed by atoms with Gasteiger partial charge in [-0.3, -0.25) is 9.36 Å². The molecule has 0 fully saturated rings. The number of halogens is 1. The van der Waals surface area contributed by atoms with Crippen molar-refractivity contribution in [3.05, 3.63) is 72.6 Å². The molecule has 0 spiro atoms. The Morgan fingerprint density at radius 2 is 2.10 bits per heavy atom. The van der Waals surface area contributed by atoms with Crippen molar-refractivity contribution >= 4 is 17.7 Å². The van der Waals surface area contributed by atoms with E-state index >= 15 is 0 Å². The Labute approximate surface area is 179 Å². The highest BCUT2D eigenvalue weighted by molar-refractivity contribution is 8.00. The van der Waals surface area contributed by atoms with E-state index in [1.165, 1.54) is 17.8 Å². The Bertz CT molecular complexity index is 1040. The van der Waals surface area contributed by atoms with Crippen molar-refractivity contribution in [2.24, 2.45) is 0 Å². The van der Waals surface area contributed by atoms with Crippen LogP contribution in [0.15, 0.2) is 66.3 Å². The van der Waals surface area contributed by atoms with Crippen molar-refractivity contribution in [2.75, 3.05) is 7.11 Å². The number of carbonyl (C=O) groups excluding carboxylic acids is 1. The molecule has 0 bridgehead atoms. The second kappa shape index (κ2) is 10.1. The highest BCUT2D eigenvalue weighted by atomic mass is 32.2. The van der Waals surface area contributed by atoms with Crippen LogP contribution in [0.25, 0.3) is 11.4 Å². The van der Waals surface area contributed by atoms with Crippen molar-refractivity contribution < 1.29 is 13.9 Å². The van der Waals surface area contributed by atoms with E-state index in [2.05, 4.69) is 22.1 Å². The van der Waals surface area contributed by atoms with Crippen molar-refractivity contribution in [3.63, 3.8) is 0 Å². The van der Waals surface area contributed by atoms with Crippen molar-refractivity contribution in [2.45, 2.75) is 30.4 Å². The van der Waals surface area contributed by atoms with Gasteiger partial charge in [-0.25, -0.2) is 4.39 Å². The summed E-state index contributed by atoms with van der Waals surface area (Å²) >= 11 is 1.26. The normalized spacial score (nSPS) is 11.7. The van der Waals surface area contributed by atoms with Crippen LogP contribution in [-0.4, -0.2) is 33.0 Å². The first-order chi connectivity index (χ1) is 14.5. The first-order valence-corrected chi connectivity index (χ1v) is 10.3. The number of amides is 1. The second-order valence-electron chi connectivity index (χ2n) is 6.51. The van der Waals surface area contributed by atoms with Crippen LogP contribution in [0.2, 0.25) is 0 Å². The number of hydrogen-bond donors (Lipinski definition) is 1. The molecule has 2 aromatic carbocycles. The van der Waals surface area contributed by atoms with Crippen LogP contribution in [0.5, 0.6) is 5.75 Å². The fraction of sp³-hybridized carbons (Fsp3) is 0.227. The minimum atomic E-state index is -0.420. The highest BCUT2D eigenvalue weighted by Gasteiger charge is 2.21. The van der Waals surface area contributed by atoms with Gasteiger partial charge in [-0.1, -0.05) is 42.1 Å². The van der Waals surface area contributed by atoms with Crippen LogP contribution in [-0.2, 0) is 17.9 Å². The molecule has 3 rings (SSSR count). The predicted octanol–water partition coefficient (Wildman–Crippen LogP) is 4.08. The van der Waals surface area contributed by atoms with Crippen molar-refractivity contribution in [1.82, 2.24) is 20.1 Å². The third-order valence-electron chi connectivity index (χ3n) is 4.40. The van der Waals surface area contributed by atoms with Crippen molar-refractivity contribution in [3.8, 4) is 17.1 Å². The van der Waals surface area contributed by atoms with Gasteiger partial charge in [0.2, 0.25) is 5.91 Å². The summed E-state index contributed by atoms with van der Waals surface area (Å²) in [7, 11) is 1.60. The Kier molecular flexibility index (Phi) is 7.24. The molecule has 6 nitrogen and oxygen atoms in total. The fourth-order valence-corrected chi connectivity index (χ4v) is 3.72. The van der Waals surface area contributed by atoms with Gasteiger partial charge >= 0.3 is 0 Å². The molecular formula is C22H23FN4O2S. The van der Waals surface area contributed by atoms with E-state index in [1.54, 1.807) is 42.9 Å². The number of hydrogen-bond acceptors (Lipinski definition) is 5. The summed E-state index contributed by atoms with van der Waals surface area (Å²) in [5.74, 6) is 0.626. The van der Waals surface area contributed by atoms with Crippen LogP contribution >= 0.6 is 11.8 Å². The van der Waals surface area contributed by atoms with Crippen LogP contribution in [0.4, 0.5) is 4.39 Å². The SMILES string of the molecule is C=CCn1c(SC(C)C(=O)NCc2cccc(OC)c2)nnc1-c1ccccc1F. The molecule has 1 unspecified atom stereocenters. The number of benzene rings is 2. The minimum Gasteiger partial charge on any atom is -0.497 e. The smallest absolute Gasteiger partial charge is 0.233 e. The third-order valence-corrected chi connectivity index (χ3v) is 5.48. The number of rotatable bonds is 9. The van der Waals surface area contributed by atoms with E-state index in [1.807, 2.05) is 24.3 Å². The Balaban J connectivity index is 1.71. The Hall–Kier alpha value is -3.13. The van der Waals surface area contributed by atoms with Crippen LogP contribution in [0.3, 0.4) is 0 Å². The van der Waals surface area contributed by atoms with E-state index in [0.717, 1.165) is 11.3 Å². The monoisotopic (exact) mass is 426 g/mol. The van der Waals surface area contributed by atoms with Crippen LogP contribution < -0.4 is 10.1 Å². The third kappa shape index (κ3) is 5.07. The fourth-order valence-electron chi connectivity index (χ4n) is 2.84. The summed E-state index contributed by atoms with van der Waals surface area (Å²) < 4.78 is 21.2. The van der Waals surface area contributed by atoms with Crippen LogP contribution in [0.1, 0.15) is 12.5 Å². The molecule has 0 aliphatic rings. The molecule has 0 aliphatic heterocycles. The average molecular weight is 427 g/mol. The molecule has 0 radical (unpaired) electrons. The average Bonchev–Trinajstić information content (AvgIpc) is 3.14. The van der Waals surface area contributed by atoms with Gasteiger partial charge in [-0.2, -0.15) is 0 Å². The summed E-state index contributed by atoms with van der Waals surface area (Å²) in [6.07, 6.45) is 1.69. The predicted molar refractivity (Wildman–Crippen MR) is 116 cm³/mol. The number of ether oxygens (including phenoxy) is 1. The number of aromatic nitrogens is 3. The highest BCUT2D eigenvalue weighted by Crippen LogP contribution is 2.28. The first-order valence-electron chi connectivity index (χ1n) is 9.39. The second-order valence-corrected chi connectivity index (χ2v) is 7.82. The molecule has 30 heavy (non-hydrogen) atoms. The lowest BCUT2D eigenvalue weighted by Crippen LogP contribution is -2.30. The first kappa shape index (κ1) is 21.6. The Morgan fingerprint density at radius 3 is 2.83 bits per heavy atom. The molecule has 156 valence electrons. The molecule has 8 heteroatoms. The van der Waals surface area contributed by atoms with Crippen molar-refractivity contribution in [1.29, 1.82) is 0 Å². The lowest BCUT2D eigenvalue weighted by atomic mass is 10.2. The van der Waals surface area contributed by atoms with Crippen LogP contribution in [0, 0.1) is 5.82 Å². The van der Waals surface area contributed by atoms with Gasteiger partial charge in [0.05, 0.1) is 17.9 Å². The van der Waals surface area contributed by atoms with Gasteiger partial charge in [0, 0.05) is 13.1 Å². The summed E-state index contributed by atoms with van der Waals surface area (Å²) in [5.41, 5.74) is 1.30. The standard InChI is InChI=1S/C22H23FN4O2S/c1-4-12-27-20(18-10-5-6-11-19(18)23)25-26-22(27)30-15(2)21(28)24-14-16-8-7-9-17(13-16)29-3/h4-11,13,15H,1,12,14H2,2-3H3,(H,24,28). The molecule has 0 aliphatic carbocycles. The maximum Gasteiger partial charge on any atom is 0.233 e. The van der Waals surface area contributed by atoms with E-state index in [0.29, 0.717) is 29.6 Å². The topological polar surface area (TPSA) is 69.0 Å². The molecule has 1 amide bonds. The summed E-state index contributed by atoms with van der Waals surface area (Å²) in [6, 6.07) is 13.9. The largest absolute Gasteiger partial charge is 0.497 e. The molecule has 0 saturated heterocycles. The number of allylic oxidation sites excluding steroid dienone is 1. The maximum atomic E-state index is 14.2. The molecule has 1 atom stereocenters. The van der Waals surface area contributed by atoms with Gasteiger partial charge in [0.25, 0.3) is 0 Å². The van der Waals surface area contributed by atoms with Gasteiger partial charge in [-0.15, -0.1) is 16.8 Å². The quantitative estimate of drug-likeness (QED) is 0.413. The van der Waals surface area contributed by atoms with E-state index in [9.17, 15) is 9.18 Å². The molecule has 0 saturated carbocycles. The van der Waals surface area contributed by atoms with E-state index in [-0.39, 0.29) is 11.7 Å². The number of nitrogens with zero attached hydrogens (tertiary/aromatic N) is 3. The zero-order chi connectivity index (χ0) is 21.5. The molecular weight excluding hydrogens is 403 g/mol. The summed E-state index contributed by atoms with van der Waals surface area (Å²) in [5, 5.41) is 11.4. The zero-order valence-electron chi connectivity index (χ0n) is 16.8. The maximum absolute atomic E-state index is 14.2. The number of carbonyl (C=O) groups is 1. The number of methoxy groups -OCH3 is 1. The lowest BCUT2D eigenvalue weighted by molar-refractivity contribution is -0.120. The zero-order valence-corrected chi connectivity index (χ0v) is 17.7. The molecule has 1 N–H and O–H groups in total.